The van der Waals surface area contributed by atoms with Crippen LogP contribution in [0.4, 0.5) is 8.78 Å². The Morgan fingerprint density at radius 1 is 1.11 bits per heavy atom. The van der Waals surface area contributed by atoms with Crippen LogP contribution in [-0.4, -0.2) is 50.5 Å². The maximum absolute atomic E-state index is 12.9. The highest BCUT2D eigenvalue weighted by atomic mass is 35.5. The van der Waals surface area contributed by atoms with Gasteiger partial charge in [-0.3, -0.25) is 4.79 Å². The van der Waals surface area contributed by atoms with E-state index >= 15 is 0 Å². The third kappa shape index (κ3) is 4.12. The Kier molecular flexibility index (Phi) is 5.24. The van der Waals surface area contributed by atoms with Crippen molar-refractivity contribution in [2.75, 3.05) is 25.4 Å². The summed E-state index contributed by atoms with van der Waals surface area (Å²) in [7, 11) is -3.54. The quantitative estimate of drug-likeness (QED) is 0.815. The van der Waals surface area contributed by atoms with Crippen LogP contribution in [0.1, 0.15) is 10.4 Å². The predicted octanol–water partition coefficient (Wildman–Crippen LogP) is 2.83. The van der Waals surface area contributed by atoms with E-state index in [2.05, 4.69) is 0 Å². The van der Waals surface area contributed by atoms with Gasteiger partial charge in [0.15, 0.2) is 9.84 Å². The Morgan fingerprint density at radius 3 is 2.22 bits per heavy atom. The summed E-state index contributed by atoms with van der Waals surface area (Å²) in [5, 5.41) is 0.0870. The van der Waals surface area contributed by atoms with Crippen LogP contribution in [0, 0.1) is 0 Å². The van der Waals surface area contributed by atoms with Gasteiger partial charge in [0.1, 0.15) is 0 Å². The van der Waals surface area contributed by atoms with Gasteiger partial charge >= 0.3 is 0 Å². The molecule has 0 saturated carbocycles. The molecule has 0 atom stereocenters. The highest BCUT2D eigenvalue weighted by Gasteiger charge is 2.46. The molecule has 144 valence electrons. The molecule has 3 rings (SSSR count). The minimum absolute atomic E-state index is 0.00114. The van der Waals surface area contributed by atoms with E-state index in [0.717, 1.165) is 4.90 Å². The summed E-state index contributed by atoms with van der Waals surface area (Å²) in [6.07, 6.45) is 0. The standard InChI is InChI=1S/C18H17ClF2N2O3S/c19-15-9-14(5-6-16(15)27(25,26)8-7-22)12-1-3-13(4-2-12)17(24)23-10-18(20,21)11-23/h1-6,9H,7-8,10-11,22H2. The number of alkyl halides is 2. The molecule has 0 radical (unpaired) electrons. The molecule has 1 saturated heterocycles. The second-order valence-electron chi connectivity index (χ2n) is 6.35. The summed E-state index contributed by atoms with van der Waals surface area (Å²) >= 11 is 6.12. The first-order valence-electron chi connectivity index (χ1n) is 8.13. The van der Waals surface area contributed by atoms with Crippen molar-refractivity contribution >= 4 is 27.3 Å². The Balaban J connectivity index is 1.80. The zero-order valence-corrected chi connectivity index (χ0v) is 15.7. The molecule has 2 aromatic carbocycles. The molecule has 0 bridgehead atoms. The van der Waals surface area contributed by atoms with Crippen LogP contribution < -0.4 is 5.73 Å². The van der Waals surface area contributed by atoms with Gasteiger partial charge in [-0.2, -0.15) is 0 Å². The Labute approximate surface area is 160 Å². The number of hydrogen-bond acceptors (Lipinski definition) is 4. The number of carbonyl (C=O) groups excluding carboxylic acids is 1. The number of sulfone groups is 1. The summed E-state index contributed by atoms with van der Waals surface area (Å²) in [5.74, 6) is -3.45. The van der Waals surface area contributed by atoms with E-state index in [4.69, 9.17) is 17.3 Å². The van der Waals surface area contributed by atoms with Crippen LogP contribution in [0.3, 0.4) is 0 Å². The van der Waals surface area contributed by atoms with Crippen molar-refractivity contribution in [2.24, 2.45) is 5.73 Å². The van der Waals surface area contributed by atoms with Crippen molar-refractivity contribution < 1.29 is 22.0 Å². The third-order valence-electron chi connectivity index (χ3n) is 4.25. The van der Waals surface area contributed by atoms with Crippen LogP contribution >= 0.6 is 11.6 Å². The van der Waals surface area contributed by atoms with E-state index < -0.39 is 34.8 Å². The average molecular weight is 415 g/mol. The highest BCUT2D eigenvalue weighted by molar-refractivity contribution is 7.91. The Hall–Kier alpha value is -2.03. The summed E-state index contributed by atoms with van der Waals surface area (Å²) in [6, 6.07) is 11.0. The molecule has 27 heavy (non-hydrogen) atoms. The maximum atomic E-state index is 12.9. The summed E-state index contributed by atoms with van der Waals surface area (Å²) in [5.41, 5.74) is 7.01. The fourth-order valence-electron chi connectivity index (χ4n) is 2.84. The lowest BCUT2D eigenvalue weighted by atomic mass is 10.0. The molecule has 1 aliphatic heterocycles. The lowest BCUT2D eigenvalue weighted by Gasteiger charge is -2.38. The molecular weight excluding hydrogens is 398 g/mol. The number of carbonyl (C=O) groups is 1. The number of benzene rings is 2. The first kappa shape index (κ1) is 19.7. The number of likely N-dealkylation sites (tertiary alicyclic amines) is 1. The molecule has 1 aliphatic rings. The molecule has 1 amide bonds. The van der Waals surface area contributed by atoms with Gasteiger partial charge < -0.3 is 10.6 Å². The van der Waals surface area contributed by atoms with Gasteiger partial charge in [-0.05, 0) is 35.4 Å². The molecule has 2 aromatic rings. The van der Waals surface area contributed by atoms with Gasteiger partial charge in [-0.25, -0.2) is 17.2 Å². The van der Waals surface area contributed by atoms with Gasteiger partial charge in [0.05, 0.1) is 28.8 Å². The number of amides is 1. The van der Waals surface area contributed by atoms with Crippen molar-refractivity contribution in [3.63, 3.8) is 0 Å². The topological polar surface area (TPSA) is 80.5 Å². The zero-order valence-electron chi connectivity index (χ0n) is 14.2. The molecule has 0 spiro atoms. The number of nitrogens with two attached hydrogens (primary N) is 1. The van der Waals surface area contributed by atoms with Crippen molar-refractivity contribution in [1.82, 2.24) is 4.90 Å². The van der Waals surface area contributed by atoms with Crippen molar-refractivity contribution in [1.29, 1.82) is 0 Å². The largest absolute Gasteiger partial charge is 0.329 e. The first-order valence-corrected chi connectivity index (χ1v) is 10.2. The minimum Gasteiger partial charge on any atom is -0.329 e. The first-order chi connectivity index (χ1) is 12.6. The van der Waals surface area contributed by atoms with Gasteiger partial charge in [-0.1, -0.05) is 29.8 Å². The van der Waals surface area contributed by atoms with E-state index in [-0.39, 0.29) is 22.2 Å². The smallest absolute Gasteiger partial charge is 0.282 e. The monoisotopic (exact) mass is 414 g/mol. The summed E-state index contributed by atoms with van der Waals surface area (Å²) < 4.78 is 50.0. The summed E-state index contributed by atoms with van der Waals surface area (Å²) in [4.78, 5) is 13.2. The van der Waals surface area contributed by atoms with Crippen LogP contribution in [-0.2, 0) is 9.84 Å². The fourth-order valence-corrected chi connectivity index (χ4v) is 4.54. The van der Waals surface area contributed by atoms with Gasteiger partial charge in [-0.15, -0.1) is 0 Å². The molecule has 0 unspecified atom stereocenters. The van der Waals surface area contributed by atoms with Gasteiger partial charge in [0, 0.05) is 12.1 Å². The fraction of sp³-hybridized carbons (Fsp3) is 0.278. The van der Waals surface area contributed by atoms with Crippen molar-refractivity contribution in [2.45, 2.75) is 10.8 Å². The minimum atomic E-state index is -3.54. The average Bonchev–Trinajstić information content (AvgIpc) is 2.58. The molecule has 0 aliphatic carbocycles. The Bertz CT molecular complexity index is 971. The van der Waals surface area contributed by atoms with Crippen LogP contribution in [0.25, 0.3) is 11.1 Å². The van der Waals surface area contributed by atoms with E-state index in [1.54, 1.807) is 30.3 Å². The van der Waals surface area contributed by atoms with E-state index in [0.29, 0.717) is 16.7 Å². The molecule has 0 aromatic heterocycles. The van der Waals surface area contributed by atoms with Crippen LogP contribution in [0.5, 0.6) is 0 Å². The lowest BCUT2D eigenvalue weighted by Crippen LogP contribution is -2.58. The highest BCUT2D eigenvalue weighted by Crippen LogP contribution is 2.31. The normalized spacial score (nSPS) is 16.1. The van der Waals surface area contributed by atoms with Gasteiger partial charge in [0.2, 0.25) is 0 Å². The zero-order chi connectivity index (χ0) is 19.8. The Morgan fingerprint density at radius 2 is 1.70 bits per heavy atom. The van der Waals surface area contributed by atoms with Crippen LogP contribution in [0.2, 0.25) is 5.02 Å². The second kappa shape index (κ2) is 7.18. The maximum Gasteiger partial charge on any atom is 0.282 e. The summed E-state index contributed by atoms with van der Waals surface area (Å²) in [6.45, 7) is -1.14. The van der Waals surface area contributed by atoms with Gasteiger partial charge in [0.25, 0.3) is 11.8 Å². The number of nitrogens with zero attached hydrogens (tertiary/aromatic N) is 1. The van der Waals surface area contributed by atoms with Crippen molar-refractivity contribution in [3.05, 3.63) is 53.1 Å². The number of halogens is 3. The molecule has 1 fully saturated rings. The SMILES string of the molecule is NCCS(=O)(=O)c1ccc(-c2ccc(C(=O)N3CC(F)(F)C3)cc2)cc1Cl. The molecule has 5 nitrogen and oxygen atoms in total. The van der Waals surface area contributed by atoms with E-state index in [9.17, 15) is 22.0 Å². The molecule has 1 heterocycles. The van der Waals surface area contributed by atoms with E-state index in [1.807, 2.05) is 0 Å². The predicted molar refractivity (Wildman–Crippen MR) is 98.8 cm³/mol. The number of rotatable bonds is 5. The molecule has 2 N–H and O–H groups in total. The molecular formula is C18H17ClF2N2O3S. The lowest BCUT2D eigenvalue weighted by molar-refractivity contribution is -0.113. The second-order valence-corrected chi connectivity index (χ2v) is 8.83. The van der Waals surface area contributed by atoms with Crippen molar-refractivity contribution in [3.8, 4) is 11.1 Å². The van der Waals surface area contributed by atoms with E-state index in [1.165, 1.54) is 12.1 Å². The number of hydrogen-bond donors (Lipinski definition) is 1. The molecule has 9 heteroatoms. The third-order valence-corrected chi connectivity index (χ3v) is 6.47. The van der Waals surface area contributed by atoms with Crippen LogP contribution in [0.15, 0.2) is 47.4 Å².